The van der Waals surface area contributed by atoms with Crippen LogP contribution in [-0.2, 0) is 6.42 Å². The predicted octanol–water partition coefficient (Wildman–Crippen LogP) is 7.47. The summed E-state index contributed by atoms with van der Waals surface area (Å²) in [6, 6.07) is 37.0. The maximum absolute atomic E-state index is 4.88. The fourth-order valence-corrected chi connectivity index (χ4v) is 4.88. The molecule has 2 heteroatoms. The molecule has 0 saturated carbocycles. The number of benzene rings is 4. The lowest BCUT2D eigenvalue weighted by Crippen LogP contribution is -2.15. The number of hydrogen-bond acceptors (Lipinski definition) is 2. The van der Waals surface area contributed by atoms with Crippen molar-refractivity contribution in [2.45, 2.75) is 19.3 Å². The summed E-state index contributed by atoms with van der Waals surface area (Å²) < 4.78 is 0. The van der Waals surface area contributed by atoms with E-state index in [9.17, 15) is 0 Å². The first-order chi connectivity index (χ1) is 16.3. The number of nitrogens with zero attached hydrogens (tertiary/aromatic N) is 2. The van der Waals surface area contributed by atoms with Gasteiger partial charge in [-0.05, 0) is 46.4 Å². The third-order valence-corrected chi connectivity index (χ3v) is 6.58. The van der Waals surface area contributed by atoms with Gasteiger partial charge in [0, 0.05) is 24.1 Å². The molecule has 158 valence electrons. The highest BCUT2D eigenvalue weighted by molar-refractivity contribution is 5.76. The van der Waals surface area contributed by atoms with Gasteiger partial charge in [-0.15, -0.1) is 0 Å². The normalized spacial score (nSPS) is 14.4. The minimum absolute atomic E-state index is 0.248. The van der Waals surface area contributed by atoms with Crippen LogP contribution < -0.4 is 0 Å². The Morgan fingerprint density at radius 1 is 0.667 bits per heavy atom. The molecule has 0 fully saturated rings. The standard InChI is InChI=1S/C31H24N2/c1-21-20-32-30-19-28(25-14-12-24(13-15-25)22-8-4-2-5-9-22)29-18-26(23-10-6-3-7-11-23)16-17-27(29)31(30)33-21/h2-18,20,28H,19H2,1H3. The average Bonchev–Trinajstić information content (AvgIpc) is 2.89. The van der Waals surface area contributed by atoms with E-state index in [4.69, 9.17) is 9.97 Å². The number of hydrogen-bond donors (Lipinski definition) is 0. The first-order valence-electron chi connectivity index (χ1n) is 11.4. The zero-order valence-corrected chi connectivity index (χ0v) is 18.6. The van der Waals surface area contributed by atoms with Gasteiger partial charge in [0.05, 0.1) is 17.1 Å². The lowest BCUT2D eigenvalue weighted by molar-refractivity contribution is 0.760. The number of aromatic nitrogens is 2. The molecule has 0 aliphatic heterocycles. The van der Waals surface area contributed by atoms with Crippen molar-refractivity contribution >= 4 is 0 Å². The molecule has 1 unspecified atom stereocenters. The topological polar surface area (TPSA) is 25.8 Å². The fourth-order valence-electron chi connectivity index (χ4n) is 4.88. The Kier molecular flexibility index (Phi) is 4.84. The second-order valence-corrected chi connectivity index (χ2v) is 8.72. The van der Waals surface area contributed by atoms with E-state index in [2.05, 4.69) is 103 Å². The number of aryl methyl sites for hydroxylation is 1. The molecular weight excluding hydrogens is 400 g/mol. The van der Waals surface area contributed by atoms with Crippen molar-refractivity contribution in [1.29, 1.82) is 0 Å². The van der Waals surface area contributed by atoms with Crippen molar-refractivity contribution in [3.05, 3.63) is 132 Å². The summed E-state index contributed by atoms with van der Waals surface area (Å²) in [6.07, 6.45) is 2.75. The Balaban J connectivity index is 1.47. The van der Waals surface area contributed by atoms with Gasteiger partial charge in [-0.2, -0.15) is 0 Å². The van der Waals surface area contributed by atoms with Crippen LogP contribution >= 0.6 is 0 Å². The van der Waals surface area contributed by atoms with Gasteiger partial charge in [-0.1, -0.05) is 97.1 Å². The van der Waals surface area contributed by atoms with Crippen LogP contribution in [0.25, 0.3) is 33.5 Å². The highest BCUT2D eigenvalue weighted by atomic mass is 14.8. The summed E-state index contributed by atoms with van der Waals surface area (Å²) in [5.74, 6) is 0.248. The van der Waals surface area contributed by atoms with Crippen LogP contribution in [0.15, 0.2) is 109 Å². The van der Waals surface area contributed by atoms with E-state index >= 15 is 0 Å². The highest BCUT2D eigenvalue weighted by Gasteiger charge is 2.28. The summed E-state index contributed by atoms with van der Waals surface area (Å²) in [5.41, 5.74) is 11.9. The SMILES string of the molecule is Cc1cnc2c(n1)-c1ccc(-c3ccccc3)cc1C(c1ccc(-c3ccccc3)cc1)C2. The molecule has 0 N–H and O–H groups in total. The first kappa shape index (κ1) is 19.6. The van der Waals surface area contributed by atoms with Crippen LogP contribution in [0.2, 0.25) is 0 Å². The summed E-state index contributed by atoms with van der Waals surface area (Å²) in [4.78, 5) is 9.65. The van der Waals surface area contributed by atoms with E-state index in [-0.39, 0.29) is 5.92 Å². The van der Waals surface area contributed by atoms with Crippen LogP contribution in [0.3, 0.4) is 0 Å². The van der Waals surface area contributed by atoms with E-state index in [0.29, 0.717) is 0 Å². The van der Waals surface area contributed by atoms with Crippen molar-refractivity contribution in [3.63, 3.8) is 0 Å². The molecule has 4 aromatic carbocycles. The molecule has 0 radical (unpaired) electrons. The van der Waals surface area contributed by atoms with Gasteiger partial charge in [0.2, 0.25) is 0 Å². The zero-order chi connectivity index (χ0) is 22.2. The first-order valence-corrected chi connectivity index (χ1v) is 11.4. The second-order valence-electron chi connectivity index (χ2n) is 8.72. The summed E-state index contributed by atoms with van der Waals surface area (Å²) in [6.45, 7) is 2.01. The molecule has 1 aromatic heterocycles. The summed E-state index contributed by atoms with van der Waals surface area (Å²) in [5, 5.41) is 0. The quantitative estimate of drug-likeness (QED) is 0.300. The fraction of sp³-hybridized carbons (Fsp3) is 0.0968. The van der Waals surface area contributed by atoms with Gasteiger partial charge in [-0.25, -0.2) is 4.98 Å². The van der Waals surface area contributed by atoms with Crippen molar-refractivity contribution in [3.8, 4) is 33.5 Å². The Morgan fingerprint density at radius 2 is 1.27 bits per heavy atom. The van der Waals surface area contributed by atoms with E-state index in [1.165, 1.54) is 38.9 Å². The second kappa shape index (κ2) is 8.14. The smallest absolute Gasteiger partial charge is 0.0923 e. The van der Waals surface area contributed by atoms with Gasteiger partial charge >= 0.3 is 0 Å². The van der Waals surface area contributed by atoms with Gasteiger partial charge in [-0.3, -0.25) is 4.98 Å². The van der Waals surface area contributed by atoms with Crippen LogP contribution in [0, 0.1) is 6.92 Å². The third kappa shape index (κ3) is 3.64. The molecule has 5 aromatic rings. The average molecular weight is 425 g/mol. The summed E-state index contributed by atoms with van der Waals surface area (Å²) in [7, 11) is 0. The number of fused-ring (bicyclic) bond motifs is 3. The highest BCUT2D eigenvalue weighted by Crippen LogP contribution is 2.43. The largest absolute Gasteiger partial charge is 0.257 e. The lowest BCUT2D eigenvalue weighted by Gasteiger charge is -2.28. The molecule has 0 bridgehead atoms. The monoisotopic (exact) mass is 424 g/mol. The molecule has 0 spiro atoms. The minimum atomic E-state index is 0.248. The predicted molar refractivity (Wildman–Crippen MR) is 135 cm³/mol. The van der Waals surface area contributed by atoms with Gasteiger partial charge in [0.15, 0.2) is 0 Å². The van der Waals surface area contributed by atoms with Crippen molar-refractivity contribution in [2.24, 2.45) is 0 Å². The summed E-state index contributed by atoms with van der Waals surface area (Å²) >= 11 is 0. The molecule has 1 atom stereocenters. The van der Waals surface area contributed by atoms with Crippen molar-refractivity contribution < 1.29 is 0 Å². The molecule has 1 aliphatic rings. The molecule has 2 nitrogen and oxygen atoms in total. The molecular formula is C31H24N2. The van der Waals surface area contributed by atoms with Crippen LogP contribution in [0.5, 0.6) is 0 Å². The molecule has 33 heavy (non-hydrogen) atoms. The molecule has 1 heterocycles. The zero-order valence-electron chi connectivity index (χ0n) is 18.6. The Hall–Kier alpha value is -4.04. The van der Waals surface area contributed by atoms with Gasteiger partial charge in [0.25, 0.3) is 0 Å². The van der Waals surface area contributed by atoms with E-state index in [1.54, 1.807) is 0 Å². The molecule has 0 amide bonds. The Labute approximate surface area is 194 Å². The van der Waals surface area contributed by atoms with Crippen LogP contribution in [0.1, 0.15) is 28.4 Å². The van der Waals surface area contributed by atoms with Crippen LogP contribution in [0.4, 0.5) is 0 Å². The van der Waals surface area contributed by atoms with Crippen LogP contribution in [-0.4, -0.2) is 9.97 Å². The van der Waals surface area contributed by atoms with E-state index in [0.717, 1.165) is 23.5 Å². The van der Waals surface area contributed by atoms with E-state index < -0.39 is 0 Å². The molecule has 0 saturated heterocycles. The Bertz CT molecular complexity index is 1420. The third-order valence-electron chi connectivity index (χ3n) is 6.58. The van der Waals surface area contributed by atoms with Crippen molar-refractivity contribution in [2.75, 3.05) is 0 Å². The van der Waals surface area contributed by atoms with Gasteiger partial charge in [0.1, 0.15) is 0 Å². The lowest BCUT2D eigenvalue weighted by atomic mass is 9.77. The molecule has 1 aliphatic carbocycles. The van der Waals surface area contributed by atoms with E-state index in [1.807, 2.05) is 13.1 Å². The van der Waals surface area contributed by atoms with Crippen molar-refractivity contribution in [1.82, 2.24) is 9.97 Å². The minimum Gasteiger partial charge on any atom is -0.257 e. The maximum Gasteiger partial charge on any atom is 0.0923 e. The molecule has 6 rings (SSSR count). The Morgan fingerprint density at radius 3 is 1.97 bits per heavy atom. The number of rotatable bonds is 3. The van der Waals surface area contributed by atoms with Gasteiger partial charge < -0.3 is 0 Å². The maximum atomic E-state index is 4.88.